The van der Waals surface area contributed by atoms with Crippen LogP contribution in [0.4, 0.5) is 29.3 Å². The number of aryl methyl sites for hydroxylation is 1. The second kappa shape index (κ2) is 9.34. The number of hydrogen-bond donors (Lipinski definition) is 3. The van der Waals surface area contributed by atoms with E-state index in [1.807, 2.05) is 25.1 Å². The average Bonchev–Trinajstić information content (AvgIpc) is 2.73. The lowest BCUT2D eigenvalue weighted by atomic mass is 10.1. The van der Waals surface area contributed by atoms with Crippen molar-refractivity contribution in [3.8, 4) is 0 Å². The van der Waals surface area contributed by atoms with Gasteiger partial charge in [0.25, 0.3) is 5.91 Å². The van der Waals surface area contributed by atoms with Gasteiger partial charge in [-0.3, -0.25) is 4.79 Å². The highest BCUT2D eigenvalue weighted by Crippen LogP contribution is 2.36. The van der Waals surface area contributed by atoms with E-state index in [9.17, 15) is 22.8 Å². The SMILES string of the molecule is Cc1cccc(CNC(=O)Nc2ccc(NC(=O)c3ccccc3)cc2C(F)(F)F)c1. The zero-order valence-electron chi connectivity index (χ0n) is 16.6. The summed E-state index contributed by atoms with van der Waals surface area (Å²) >= 11 is 0. The van der Waals surface area contributed by atoms with Crippen LogP contribution in [0.1, 0.15) is 27.0 Å². The predicted molar refractivity (Wildman–Crippen MR) is 113 cm³/mol. The molecule has 0 fully saturated rings. The molecule has 0 spiro atoms. The normalized spacial score (nSPS) is 11.0. The highest BCUT2D eigenvalue weighted by atomic mass is 19.4. The van der Waals surface area contributed by atoms with Gasteiger partial charge in [0.05, 0.1) is 11.3 Å². The van der Waals surface area contributed by atoms with Gasteiger partial charge >= 0.3 is 12.2 Å². The van der Waals surface area contributed by atoms with E-state index in [1.165, 1.54) is 6.07 Å². The van der Waals surface area contributed by atoms with E-state index in [0.717, 1.165) is 23.3 Å². The number of nitrogens with one attached hydrogen (secondary N) is 3. The molecule has 160 valence electrons. The van der Waals surface area contributed by atoms with Crippen molar-refractivity contribution in [2.75, 3.05) is 10.6 Å². The highest BCUT2D eigenvalue weighted by molar-refractivity contribution is 6.04. The topological polar surface area (TPSA) is 70.2 Å². The standard InChI is InChI=1S/C23H20F3N3O2/c1-15-6-5-7-16(12-15)14-27-22(31)29-20-11-10-18(13-19(20)23(24,25)26)28-21(30)17-8-3-2-4-9-17/h2-13H,14H2,1H3,(H,28,30)(H2,27,29,31). The fraction of sp³-hybridized carbons (Fsp3) is 0.130. The van der Waals surface area contributed by atoms with Crippen LogP contribution in [0.25, 0.3) is 0 Å². The molecule has 3 rings (SSSR count). The minimum atomic E-state index is -4.73. The van der Waals surface area contributed by atoms with Crippen molar-refractivity contribution < 1.29 is 22.8 Å². The van der Waals surface area contributed by atoms with E-state index < -0.39 is 29.4 Å². The molecule has 0 saturated heterocycles. The summed E-state index contributed by atoms with van der Waals surface area (Å²) in [7, 11) is 0. The van der Waals surface area contributed by atoms with Gasteiger partial charge in [-0.15, -0.1) is 0 Å². The number of hydrogen-bond acceptors (Lipinski definition) is 2. The van der Waals surface area contributed by atoms with Gasteiger partial charge in [-0.2, -0.15) is 13.2 Å². The quantitative estimate of drug-likeness (QED) is 0.497. The second-order valence-electron chi connectivity index (χ2n) is 6.88. The van der Waals surface area contributed by atoms with Crippen LogP contribution in [-0.4, -0.2) is 11.9 Å². The monoisotopic (exact) mass is 427 g/mol. The molecule has 3 N–H and O–H groups in total. The lowest BCUT2D eigenvalue weighted by Gasteiger charge is -2.16. The first-order valence-corrected chi connectivity index (χ1v) is 9.40. The van der Waals surface area contributed by atoms with Crippen LogP contribution in [0.3, 0.4) is 0 Å². The van der Waals surface area contributed by atoms with E-state index in [-0.39, 0.29) is 12.2 Å². The lowest BCUT2D eigenvalue weighted by Crippen LogP contribution is -2.29. The molecule has 0 heterocycles. The molecule has 31 heavy (non-hydrogen) atoms. The van der Waals surface area contributed by atoms with E-state index in [4.69, 9.17) is 0 Å². The van der Waals surface area contributed by atoms with Crippen molar-refractivity contribution in [3.05, 3.63) is 95.1 Å². The largest absolute Gasteiger partial charge is 0.418 e. The minimum absolute atomic E-state index is 0.0353. The Morgan fingerprint density at radius 2 is 1.61 bits per heavy atom. The number of halogens is 3. The first-order valence-electron chi connectivity index (χ1n) is 9.40. The molecule has 0 radical (unpaired) electrons. The predicted octanol–water partition coefficient (Wildman–Crippen LogP) is 5.59. The highest BCUT2D eigenvalue weighted by Gasteiger charge is 2.34. The molecular weight excluding hydrogens is 407 g/mol. The van der Waals surface area contributed by atoms with Gasteiger partial charge in [0.1, 0.15) is 0 Å². The van der Waals surface area contributed by atoms with E-state index in [2.05, 4.69) is 16.0 Å². The summed E-state index contributed by atoms with van der Waals surface area (Å²) in [4.78, 5) is 24.3. The summed E-state index contributed by atoms with van der Waals surface area (Å²) in [6.45, 7) is 2.07. The summed E-state index contributed by atoms with van der Waals surface area (Å²) in [5.41, 5.74) is 0.633. The van der Waals surface area contributed by atoms with Crippen molar-refractivity contribution in [1.82, 2.24) is 5.32 Å². The summed E-state index contributed by atoms with van der Waals surface area (Å²) in [5.74, 6) is -0.537. The molecule has 3 amide bonds. The lowest BCUT2D eigenvalue weighted by molar-refractivity contribution is -0.136. The molecule has 0 aliphatic heterocycles. The van der Waals surface area contributed by atoms with Crippen molar-refractivity contribution in [2.45, 2.75) is 19.6 Å². The molecular formula is C23H20F3N3O2. The van der Waals surface area contributed by atoms with E-state index in [1.54, 1.807) is 36.4 Å². The molecule has 3 aromatic rings. The van der Waals surface area contributed by atoms with E-state index in [0.29, 0.717) is 5.56 Å². The Balaban J connectivity index is 1.72. The van der Waals surface area contributed by atoms with Crippen molar-refractivity contribution in [1.29, 1.82) is 0 Å². The third-order valence-corrected chi connectivity index (χ3v) is 4.40. The fourth-order valence-electron chi connectivity index (χ4n) is 2.93. The first kappa shape index (κ1) is 21.9. The van der Waals surface area contributed by atoms with Crippen molar-refractivity contribution >= 4 is 23.3 Å². The van der Waals surface area contributed by atoms with Crippen molar-refractivity contribution in [3.63, 3.8) is 0 Å². The molecule has 0 bridgehead atoms. The van der Waals surface area contributed by atoms with Gasteiger partial charge in [-0.25, -0.2) is 4.79 Å². The second-order valence-corrected chi connectivity index (χ2v) is 6.88. The Morgan fingerprint density at radius 1 is 0.871 bits per heavy atom. The summed E-state index contributed by atoms with van der Waals surface area (Å²) in [5, 5.41) is 7.20. The number of benzene rings is 3. The number of anilines is 2. The molecule has 0 aromatic heterocycles. The van der Waals surface area contributed by atoms with Gasteiger partial charge in [-0.05, 0) is 42.8 Å². The van der Waals surface area contributed by atoms with Crippen LogP contribution in [-0.2, 0) is 12.7 Å². The molecule has 0 unspecified atom stereocenters. The maximum Gasteiger partial charge on any atom is 0.418 e. The summed E-state index contributed by atoms with van der Waals surface area (Å²) < 4.78 is 40.6. The number of rotatable bonds is 5. The van der Waals surface area contributed by atoms with Gasteiger partial charge < -0.3 is 16.0 Å². The molecule has 0 saturated carbocycles. The van der Waals surface area contributed by atoms with Gasteiger partial charge in [0.2, 0.25) is 0 Å². The van der Waals surface area contributed by atoms with Crippen molar-refractivity contribution in [2.24, 2.45) is 0 Å². The summed E-state index contributed by atoms with van der Waals surface area (Å²) in [6.07, 6.45) is -4.73. The Morgan fingerprint density at radius 3 is 2.29 bits per heavy atom. The third kappa shape index (κ3) is 6.08. The maximum absolute atomic E-state index is 13.5. The van der Waals surface area contributed by atoms with E-state index >= 15 is 0 Å². The third-order valence-electron chi connectivity index (χ3n) is 4.40. The van der Waals surface area contributed by atoms with Crippen LogP contribution in [0, 0.1) is 6.92 Å². The average molecular weight is 427 g/mol. The fourth-order valence-corrected chi connectivity index (χ4v) is 2.93. The van der Waals surface area contributed by atoms with Gasteiger partial charge in [0, 0.05) is 17.8 Å². The Kier molecular flexibility index (Phi) is 6.59. The molecule has 5 nitrogen and oxygen atoms in total. The number of amides is 3. The Bertz CT molecular complexity index is 1080. The Labute approximate surface area is 177 Å². The van der Waals surface area contributed by atoms with Crippen LogP contribution >= 0.6 is 0 Å². The number of carbonyl (C=O) groups is 2. The van der Waals surface area contributed by atoms with Crippen LogP contribution < -0.4 is 16.0 Å². The summed E-state index contributed by atoms with van der Waals surface area (Å²) in [6, 6.07) is 17.9. The molecule has 0 aliphatic rings. The van der Waals surface area contributed by atoms with Crippen LogP contribution in [0.15, 0.2) is 72.8 Å². The van der Waals surface area contributed by atoms with Gasteiger partial charge in [-0.1, -0.05) is 48.0 Å². The number of carbonyl (C=O) groups excluding carboxylic acids is 2. The molecule has 0 aliphatic carbocycles. The van der Waals surface area contributed by atoms with Gasteiger partial charge in [0.15, 0.2) is 0 Å². The van der Waals surface area contributed by atoms with Crippen LogP contribution in [0.2, 0.25) is 0 Å². The number of urea groups is 1. The minimum Gasteiger partial charge on any atom is -0.334 e. The molecule has 8 heteroatoms. The molecule has 0 atom stereocenters. The maximum atomic E-state index is 13.5. The van der Waals surface area contributed by atoms with Crippen LogP contribution in [0.5, 0.6) is 0 Å². The first-order chi connectivity index (χ1) is 14.7. The Hall–Kier alpha value is -3.81. The zero-order valence-corrected chi connectivity index (χ0v) is 16.6. The number of alkyl halides is 3. The smallest absolute Gasteiger partial charge is 0.334 e. The molecule has 3 aromatic carbocycles. The zero-order chi connectivity index (χ0) is 22.4.